The van der Waals surface area contributed by atoms with Crippen LogP contribution in [0.1, 0.15) is 39.2 Å². The summed E-state index contributed by atoms with van der Waals surface area (Å²) < 4.78 is 18.9. The van der Waals surface area contributed by atoms with Crippen LogP contribution < -0.4 is 5.32 Å². The van der Waals surface area contributed by atoms with Gasteiger partial charge in [-0.1, -0.05) is 6.07 Å². The van der Waals surface area contributed by atoms with Gasteiger partial charge in [0.15, 0.2) is 0 Å². The molecule has 1 amide bonds. The third kappa shape index (κ3) is 4.61. The number of rotatable bonds is 2. The van der Waals surface area contributed by atoms with Gasteiger partial charge < -0.3 is 15.0 Å². The van der Waals surface area contributed by atoms with E-state index in [-0.39, 0.29) is 18.0 Å². The van der Waals surface area contributed by atoms with Crippen molar-refractivity contribution in [1.82, 2.24) is 4.90 Å². The lowest BCUT2D eigenvalue weighted by Crippen LogP contribution is -2.44. The minimum Gasteiger partial charge on any atom is -0.444 e. The molecule has 1 aliphatic heterocycles. The highest BCUT2D eigenvalue weighted by Gasteiger charge is 2.26. The van der Waals surface area contributed by atoms with Crippen molar-refractivity contribution in [1.29, 1.82) is 0 Å². The normalized spacial score (nSPS) is 16.5. The Hall–Kier alpha value is -1.78. The number of ether oxygens (including phenoxy) is 1. The second-order valence-electron chi connectivity index (χ2n) is 6.85. The van der Waals surface area contributed by atoms with E-state index in [2.05, 4.69) is 5.32 Å². The number of hydrogen-bond acceptors (Lipinski definition) is 3. The largest absolute Gasteiger partial charge is 0.444 e. The Bertz CT molecular complexity index is 532. The van der Waals surface area contributed by atoms with Crippen LogP contribution in [0.15, 0.2) is 18.2 Å². The first-order chi connectivity index (χ1) is 10.2. The number of benzene rings is 1. The van der Waals surface area contributed by atoms with Crippen molar-refractivity contribution in [2.24, 2.45) is 0 Å². The lowest BCUT2D eigenvalue weighted by atomic mass is 10.0. The van der Waals surface area contributed by atoms with E-state index in [0.717, 1.165) is 18.5 Å². The standard InChI is InChI=1S/C17H25FN2O2/c1-12-5-6-14(11-15(12)18)19-13-7-9-20(10-8-13)16(21)22-17(2,3)4/h5-6,11,13,19H,7-10H2,1-4H3. The molecule has 1 N–H and O–H groups in total. The first kappa shape index (κ1) is 16.6. The minimum absolute atomic E-state index is 0.198. The van der Waals surface area contributed by atoms with Crippen LogP contribution >= 0.6 is 0 Å². The molecule has 4 nitrogen and oxygen atoms in total. The maximum Gasteiger partial charge on any atom is 0.410 e. The van der Waals surface area contributed by atoms with Gasteiger partial charge in [0.2, 0.25) is 0 Å². The Kier molecular flexibility index (Phi) is 4.94. The van der Waals surface area contributed by atoms with Gasteiger partial charge in [0.25, 0.3) is 0 Å². The summed E-state index contributed by atoms with van der Waals surface area (Å²) in [4.78, 5) is 13.7. The van der Waals surface area contributed by atoms with Crippen molar-refractivity contribution in [2.75, 3.05) is 18.4 Å². The predicted molar refractivity (Wildman–Crippen MR) is 85.6 cm³/mol. The number of hydrogen-bond donors (Lipinski definition) is 1. The second kappa shape index (κ2) is 6.55. The van der Waals surface area contributed by atoms with Gasteiger partial charge >= 0.3 is 6.09 Å². The van der Waals surface area contributed by atoms with Gasteiger partial charge in [-0.3, -0.25) is 0 Å². The number of halogens is 1. The Morgan fingerprint density at radius 1 is 1.32 bits per heavy atom. The molecule has 1 saturated heterocycles. The SMILES string of the molecule is Cc1ccc(NC2CCN(C(=O)OC(C)(C)C)CC2)cc1F. The molecule has 2 rings (SSSR count). The molecular formula is C17H25FN2O2. The van der Waals surface area contributed by atoms with E-state index in [1.54, 1.807) is 17.9 Å². The maximum atomic E-state index is 13.5. The van der Waals surface area contributed by atoms with Gasteiger partial charge in [-0.2, -0.15) is 0 Å². The fourth-order valence-corrected chi connectivity index (χ4v) is 2.45. The van der Waals surface area contributed by atoms with Crippen LogP contribution in [0.5, 0.6) is 0 Å². The number of nitrogens with one attached hydrogen (secondary N) is 1. The van der Waals surface area contributed by atoms with Gasteiger partial charge in [-0.25, -0.2) is 9.18 Å². The van der Waals surface area contributed by atoms with Gasteiger partial charge in [0.05, 0.1) is 0 Å². The summed E-state index contributed by atoms with van der Waals surface area (Å²) in [7, 11) is 0. The average Bonchev–Trinajstić information content (AvgIpc) is 2.42. The van der Waals surface area contributed by atoms with Gasteiger partial charge in [-0.15, -0.1) is 0 Å². The molecule has 22 heavy (non-hydrogen) atoms. The predicted octanol–water partition coefficient (Wildman–Crippen LogP) is 3.95. The summed E-state index contributed by atoms with van der Waals surface area (Å²) in [6.07, 6.45) is 1.40. The topological polar surface area (TPSA) is 41.6 Å². The van der Waals surface area contributed by atoms with Crippen molar-refractivity contribution in [3.63, 3.8) is 0 Å². The molecule has 0 atom stereocenters. The van der Waals surface area contributed by atoms with Crippen molar-refractivity contribution in [3.8, 4) is 0 Å². The highest BCUT2D eigenvalue weighted by molar-refractivity contribution is 5.68. The number of carbonyl (C=O) groups excluding carboxylic acids is 1. The molecule has 1 aliphatic rings. The molecule has 0 unspecified atom stereocenters. The summed E-state index contributed by atoms with van der Waals surface area (Å²) in [5, 5.41) is 3.34. The number of aryl methyl sites for hydroxylation is 1. The number of anilines is 1. The van der Waals surface area contributed by atoms with Crippen LogP contribution in [0.3, 0.4) is 0 Å². The van der Waals surface area contributed by atoms with E-state index >= 15 is 0 Å². The van der Waals surface area contributed by atoms with Crippen LogP contribution in [-0.4, -0.2) is 35.7 Å². The zero-order valence-corrected chi connectivity index (χ0v) is 13.8. The van der Waals surface area contributed by atoms with E-state index in [4.69, 9.17) is 4.74 Å². The van der Waals surface area contributed by atoms with Crippen LogP contribution in [0.25, 0.3) is 0 Å². The highest BCUT2D eigenvalue weighted by atomic mass is 19.1. The fraction of sp³-hybridized carbons (Fsp3) is 0.588. The van der Waals surface area contributed by atoms with E-state index in [9.17, 15) is 9.18 Å². The number of nitrogens with zero attached hydrogens (tertiary/aromatic N) is 1. The van der Waals surface area contributed by atoms with Gasteiger partial charge in [0, 0.05) is 24.8 Å². The summed E-state index contributed by atoms with van der Waals surface area (Å²) in [6, 6.07) is 5.43. The summed E-state index contributed by atoms with van der Waals surface area (Å²) in [5.74, 6) is -0.198. The zero-order valence-electron chi connectivity index (χ0n) is 13.8. The molecular weight excluding hydrogens is 283 g/mol. The average molecular weight is 308 g/mol. The fourth-order valence-electron chi connectivity index (χ4n) is 2.45. The molecule has 0 saturated carbocycles. The molecule has 0 spiro atoms. The molecule has 0 aliphatic carbocycles. The Balaban J connectivity index is 1.84. The molecule has 1 fully saturated rings. The first-order valence-electron chi connectivity index (χ1n) is 7.75. The van der Waals surface area contributed by atoms with Crippen molar-refractivity contribution >= 4 is 11.8 Å². The molecule has 1 aromatic carbocycles. The highest BCUT2D eigenvalue weighted by Crippen LogP contribution is 2.20. The molecule has 1 aromatic rings. The monoisotopic (exact) mass is 308 g/mol. The number of amides is 1. The molecule has 1 heterocycles. The van der Waals surface area contributed by atoms with Crippen LogP contribution in [0, 0.1) is 12.7 Å². The van der Waals surface area contributed by atoms with Gasteiger partial charge in [-0.05, 0) is 58.2 Å². The Morgan fingerprint density at radius 2 is 1.95 bits per heavy atom. The molecule has 122 valence electrons. The van der Waals surface area contributed by atoms with E-state index < -0.39 is 5.60 Å². The quantitative estimate of drug-likeness (QED) is 0.899. The summed E-state index contributed by atoms with van der Waals surface area (Å²) in [6.45, 7) is 8.65. The molecule has 0 bridgehead atoms. The van der Waals surface area contributed by atoms with Crippen LogP contribution in [-0.2, 0) is 4.74 Å². The van der Waals surface area contributed by atoms with Crippen molar-refractivity contribution < 1.29 is 13.9 Å². The first-order valence-corrected chi connectivity index (χ1v) is 7.75. The van der Waals surface area contributed by atoms with E-state index in [1.807, 2.05) is 26.8 Å². The maximum absolute atomic E-state index is 13.5. The van der Waals surface area contributed by atoms with Crippen molar-refractivity contribution in [3.05, 3.63) is 29.6 Å². The number of piperidine rings is 1. The van der Waals surface area contributed by atoms with Crippen molar-refractivity contribution in [2.45, 2.75) is 52.2 Å². The Labute approximate surface area is 131 Å². The van der Waals surface area contributed by atoms with E-state index in [0.29, 0.717) is 18.7 Å². The number of carbonyl (C=O) groups is 1. The minimum atomic E-state index is -0.467. The zero-order chi connectivity index (χ0) is 16.3. The molecule has 0 aromatic heterocycles. The Morgan fingerprint density at radius 3 is 2.50 bits per heavy atom. The summed E-state index contributed by atoms with van der Waals surface area (Å²) in [5.41, 5.74) is 0.968. The second-order valence-corrected chi connectivity index (χ2v) is 6.85. The number of likely N-dealkylation sites (tertiary alicyclic amines) is 1. The third-order valence-electron chi connectivity index (χ3n) is 3.69. The van der Waals surface area contributed by atoms with Gasteiger partial charge in [0.1, 0.15) is 11.4 Å². The third-order valence-corrected chi connectivity index (χ3v) is 3.69. The van der Waals surface area contributed by atoms with Crippen LogP contribution in [0.2, 0.25) is 0 Å². The smallest absolute Gasteiger partial charge is 0.410 e. The van der Waals surface area contributed by atoms with E-state index in [1.165, 1.54) is 6.07 Å². The van der Waals surface area contributed by atoms with Crippen LogP contribution in [0.4, 0.5) is 14.9 Å². The lowest BCUT2D eigenvalue weighted by Gasteiger charge is -2.34. The summed E-state index contributed by atoms with van der Waals surface area (Å²) >= 11 is 0. The lowest BCUT2D eigenvalue weighted by molar-refractivity contribution is 0.0210. The molecule has 5 heteroatoms. The molecule has 0 radical (unpaired) electrons.